The lowest BCUT2D eigenvalue weighted by Gasteiger charge is -2.13. The van der Waals surface area contributed by atoms with Crippen LogP contribution in [-0.2, 0) is 23.7 Å². The van der Waals surface area contributed by atoms with E-state index in [-0.39, 0.29) is 5.91 Å². The predicted octanol–water partition coefficient (Wildman–Crippen LogP) is 3.90. The number of carbonyl (C=O) groups is 1. The van der Waals surface area contributed by atoms with Crippen LogP contribution >= 0.6 is 0 Å². The van der Waals surface area contributed by atoms with Crippen LogP contribution < -0.4 is 16.0 Å². The van der Waals surface area contributed by atoms with Crippen molar-refractivity contribution in [3.8, 4) is 11.3 Å². The first-order valence-corrected chi connectivity index (χ1v) is 13.9. The largest absolute Gasteiger partial charge is 0.382 e. The highest BCUT2D eigenvalue weighted by Crippen LogP contribution is 2.26. The minimum atomic E-state index is -0.0346. The van der Waals surface area contributed by atoms with E-state index in [2.05, 4.69) is 25.9 Å². The number of hydrogen-bond acceptors (Lipinski definition) is 10. The number of carbonyl (C=O) groups excluding carboxylic acids is 1. The van der Waals surface area contributed by atoms with Gasteiger partial charge in [0, 0.05) is 55.8 Å². The van der Waals surface area contributed by atoms with E-state index in [4.69, 9.17) is 23.9 Å². The molecule has 0 unspecified atom stereocenters. The molecule has 2 heterocycles. The van der Waals surface area contributed by atoms with Gasteiger partial charge in [-0.3, -0.25) is 4.79 Å². The van der Waals surface area contributed by atoms with Crippen molar-refractivity contribution in [2.24, 2.45) is 0 Å². The molecule has 3 aromatic rings. The molecule has 0 aliphatic rings. The topological polar surface area (TPSA) is 129 Å². The second kappa shape index (κ2) is 18.7. The number of anilines is 3. The highest BCUT2D eigenvalue weighted by atomic mass is 16.6. The van der Waals surface area contributed by atoms with Crippen molar-refractivity contribution in [3.63, 3.8) is 0 Å². The van der Waals surface area contributed by atoms with Gasteiger partial charge >= 0.3 is 0 Å². The van der Waals surface area contributed by atoms with Crippen LogP contribution in [0.25, 0.3) is 11.3 Å². The Kier molecular flexibility index (Phi) is 14.5. The van der Waals surface area contributed by atoms with Crippen LogP contribution in [0.5, 0.6) is 0 Å². The fourth-order valence-corrected chi connectivity index (χ4v) is 3.87. The first kappa shape index (κ1) is 31.9. The molecule has 3 N–H and O–H groups in total. The Hall–Kier alpha value is -3.64. The average molecular weight is 567 g/mol. The van der Waals surface area contributed by atoms with Gasteiger partial charge in [0.1, 0.15) is 5.82 Å². The maximum Gasteiger partial charge on any atom is 0.227 e. The molecular formula is C30H42N6O5. The third kappa shape index (κ3) is 12.2. The van der Waals surface area contributed by atoms with Gasteiger partial charge < -0.3 is 34.9 Å². The van der Waals surface area contributed by atoms with Crippen LogP contribution in [0.2, 0.25) is 0 Å². The van der Waals surface area contributed by atoms with Gasteiger partial charge in [-0.2, -0.15) is 0 Å². The SMILES string of the molecule is COCCOCCOCCOCCC(=O)NCCCNc1nccc(-c2ccnc(Nc3cccc(C)c3)n2)c1C. The van der Waals surface area contributed by atoms with Gasteiger partial charge in [0.05, 0.1) is 51.9 Å². The van der Waals surface area contributed by atoms with Crippen LogP contribution in [0, 0.1) is 13.8 Å². The van der Waals surface area contributed by atoms with E-state index in [0.717, 1.165) is 40.3 Å². The normalized spacial score (nSPS) is 10.9. The zero-order chi connectivity index (χ0) is 29.1. The lowest BCUT2D eigenvalue weighted by Crippen LogP contribution is -2.27. The molecule has 3 rings (SSSR count). The van der Waals surface area contributed by atoms with Crippen molar-refractivity contribution < 1.29 is 23.7 Å². The van der Waals surface area contributed by atoms with Crippen molar-refractivity contribution >= 4 is 23.4 Å². The summed E-state index contributed by atoms with van der Waals surface area (Å²) in [4.78, 5) is 25.6. The molecule has 11 nitrogen and oxygen atoms in total. The molecule has 0 radical (unpaired) electrons. The van der Waals surface area contributed by atoms with Crippen LogP contribution in [-0.4, -0.2) is 87.3 Å². The molecule has 0 saturated carbocycles. The van der Waals surface area contributed by atoms with E-state index in [1.807, 2.05) is 50.2 Å². The number of pyridine rings is 1. The molecule has 1 aromatic carbocycles. The van der Waals surface area contributed by atoms with Crippen molar-refractivity contribution in [1.29, 1.82) is 0 Å². The summed E-state index contributed by atoms with van der Waals surface area (Å²) >= 11 is 0. The zero-order valence-electron chi connectivity index (χ0n) is 24.3. The summed E-state index contributed by atoms with van der Waals surface area (Å²) in [5, 5.41) is 9.57. The minimum Gasteiger partial charge on any atom is -0.382 e. The smallest absolute Gasteiger partial charge is 0.227 e. The van der Waals surface area contributed by atoms with Crippen LogP contribution in [0.15, 0.2) is 48.8 Å². The number of aryl methyl sites for hydroxylation is 1. The van der Waals surface area contributed by atoms with E-state index in [1.54, 1.807) is 19.5 Å². The number of benzene rings is 1. The number of methoxy groups -OCH3 is 1. The Morgan fingerprint density at radius 2 is 1.59 bits per heavy atom. The van der Waals surface area contributed by atoms with E-state index in [0.29, 0.717) is 71.7 Å². The minimum absolute atomic E-state index is 0.0346. The zero-order valence-corrected chi connectivity index (χ0v) is 24.3. The van der Waals surface area contributed by atoms with Crippen molar-refractivity contribution in [3.05, 3.63) is 59.9 Å². The number of amides is 1. The summed E-state index contributed by atoms with van der Waals surface area (Å²) in [6.07, 6.45) is 4.59. The molecule has 2 aromatic heterocycles. The number of nitrogens with one attached hydrogen (secondary N) is 3. The predicted molar refractivity (Wildman–Crippen MR) is 160 cm³/mol. The van der Waals surface area contributed by atoms with Gasteiger partial charge in [-0.15, -0.1) is 0 Å². The second-order valence-corrected chi connectivity index (χ2v) is 9.30. The Balaban J connectivity index is 1.31. The quantitative estimate of drug-likeness (QED) is 0.173. The lowest BCUT2D eigenvalue weighted by atomic mass is 10.1. The molecule has 0 aliphatic heterocycles. The molecule has 0 aliphatic carbocycles. The second-order valence-electron chi connectivity index (χ2n) is 9.30. The fraction of sp³-hybridized carbons (Fsp3) is 0.467. The monoisotopic (exact) mass is 566 g/mol. The Labute approximate surface area is 242 Å². The van der Waals surface area contributed by atoms with Crippen molar-refractivity contribution in [2.45, 2.75) is 26.7 Å². The molecule has 0 spiro atoms. The molecule has 41 heavy (non-hydrogen) atoms. The van der Waals surface area contributed by atoms with Gasteiger partial charge in [0.25, 0.3) is 0 Å². The number of ether oxygens (including phenoxy) is 4. The fourth-order valence-electron chi connectivity index (χ4n) is 3.87. The van der Waals surface area contributed by atoms with Crippen LogP contribution in [0.3, 0.4) is 0 Å². The van der Waals surface area contributed by atoms with Crippen LogP contribution in [0.4, 0.5) is 17.5 Å². The summed E-state index contributed by atoms with van der Waals surface area (Å²) in [7, 11) is 1.64. The molecule has 222 valence electrons. The average Bonchev–Trinajstić information content (AvgIpc) is 2.96. The van der Waals surface area contributed by atoms with Gasteiger partial charge in [0.15, 0.2) is 0 Å². The Morgan fingerprint density at radius 1 is 0.854 bits per heavy atom. The molecule has 0 atom stereocenters. The maximum atomic E-state index is 12.1. The summed E-state index contributed by atoms with van der Waals surface area (Å²) in [5.41, 5.74) is 4.89. The Morgan fingerprint density at radius 3 is 2.34 bits per heavy atom. The summed E-state index contributed by atoms with van der Waals surface area (Å²) in [6, 6.07) is 11.9. The van der Waals surface area contributed by atoms with E-state index >= 15 is 0 Å². The number of nitrogens with zero attached hydrogens (tertiary/aromatic N) is 3. The molecule has 0 fully saturated rings. The molecule has 1 amide bonds. The third-order valence-corrected chi connectivity index (χ3v) is 6.03. The molecular weight excluding hydrogens is 524 g/mol. The van der Waals surface area contributed by atoms with Gasteiger partial charge in [-0.1, -0.05) is 12.1 Å². The summed E-state index contributed by atoms with van der Waals surface area (Å²) < 4.78 is 21.1. The van der Waals surface area contributed by atoms with Crippen molar-refractivity contribution in [1.82, 2.24) is 20.3 Å². The lowest BCUT2D eigenvalue weighted by molar-refractivity contribution is -0.122. The number of hydrogen-bond donors (Lipinski definition) is 3. The number of aromatic nitrogens is 3. The standard InChI is InChI=1S/C30H42N6O5/c1-23-6-4-7-25(22-23)35-30-34-14-9-27(36-30)26-8-13-33-29(24(26)2)32-12-5-11-31-28(37)10-15-39-18-19-41-21-20-40-17-16-38-3/h4,6-9,13-14,22H,5,10-12,15-21H2,1-3H3,(H,31,37)(H,32,33)(H,34,35,36). The van der Waals surface area contributed by atoms with E-state index in [1.165, 1.54) is 0 Å². The summed E-state index contributed by atoms with van der Waals surface area (Å²) in [6.45, 7) is 8.75. The first-order chi connectivity index (χ1) is 20.1. The van der Waals surface area contributed by atoms with Gasteiger partial charge in [-0.05, 0) is 50.1 Å². The Bertz CT molecular complexity index is 1200. The molecule has 0 saturated heterocycles. The van der Waals surface area contributed by atoms with E-state index < -0.39 is 0 Å². The maximum absolute atomic E-state index is 12.1. The summed E-state index contributed by atoms with van der Waals surface area (Å²) in [5.74, 6) is 1.29. The third-order valence-electron chi connectivity index (χ3n) is 6.03. The molecule has 11 heteroatoms. The van der Waals surface area contributed by atoms with Crippen molar-refractivity contribution in [2.75, 3.05) is 77.1 Å². The van der Waals surface area contributed by atoms with Crippen LogP contribution in [0.1, 0.15) is 24.0 Å². The van der Waals surface area contributed by atoms with Gasteiger partial charge in [0.2, 0.25) is 11.9 Å². The number of rotatable bonds is 20. The highest BCUT2D eigenvalue weighted by molar-refractivity contribution is 5.76. The first-order valence-electron chi connectivity index (χ1n) is 13.9. The molecule has 0 bridgehead atoms. The highest BCUT2D eigenvalue weighted by Gasteiger charge is 2.10. The van der Waals surface area contributed by atoms with Gasteiger partial charge in [-0.25, -0.2) is 15.0 Å². The van der Waals surface area contributed by atoms with E-state index in [9.17, 15) is 4.79 Å².